The molecule has 0 fully saturated rings. The first-order valence-electron chi connectivity index (χ1n) is 10.9. The summed E-state index contributed by atoms with van der Waals surface area (Å²) in [5, 5.41) is 0. The lowest BCUT2D eigenvalue weighted by atomic mass is 10.0. The van der Waals surface area contributed by atoms with E-state index < -0.39 is 0 Å². The maximum Gasteiger partial charge on any atom is 0.311 e. The number of ether oxygens (including phenoxy) is 2. The van der Waals surface area contributed by atoms with Gasteiger partial charge in [-0.25, -0.2) is 9.97 Å². The molecule has 0 N–H and O–H groups in total. The first-order valence-corrected chi connectivity index (χ1v) is 10.9. The lowest BCUT2D eigenvalue weighted by Crippen LogP contribution is -2.09. The molecule has 1 aromatic heterocycles. The second-order valence-corrected chi connectivity index (χ2v) is 7.56. The highest BCUT2D eigenvalue weighted by Crippen LogP contribution is 2.21. The largest absolute Gasteiger partial charge is 0.490 e. The minimum atomic E-state index is -0.189. The van der Waals surface area contributed by atoms with E-state index in [2.05, 4.69) is 30.7 Å². The van der Waals surface area contributed by atoms with E-state index in [9.17, 15) is 4.79 Å². The maximum absolute atomic E-state index is 11.9. The Morgan fingerprint density at radius 1 is 0.966 bits per heavy atom. The van der Waals surface area contributed by atoms with Gasteiger partial charge in [0.2, 0.25) is 0 Å². The van der Waals surface area contributed by atoms with Crippen LogP contribution in [-0.2, 0) is 4.79 Å². The molecular formula is C24H34N2O3. The fourth-order valence-electron chi connectivity index (χ4n) is 2.86. The molecule has 1 atom stereocenters. The van der Waals surface area contributed by atoms with Crippen molar-refractivity contribution in [2.45, 2.75) is 72.1 Å². The maximum atomic E-state index is 11.9. The van der Waals surface area contributed by atoms with Crippen LogP contribution in [0.4, 0.5) is 0 Å². The number of rotatable bonds is 13. The number of carbonyl (C=O) groups excluding carboxylic acids is 1. The molecule has 2 rings (SSSR count). The molecule has 0 aliphatic rings. The lowest BCUT2D eigenvalue weighted by molar-refractivity contribution is -0.134. The summed E-state index contributed by atoms with van der Waals surface area (Å²) in [5.41, 5.74) is 0.871. The highest BCUT2D eigenvalue weighted by Gasteiger charge is 2.09. The van der Waals surface area contributed by atoms with Gasteiger partial charge in [0.1, 0.15) is 5.75 Å². The molecule has 0 spiro atoms. The normalized spacial score (nSPS) is 11.8. The average molecular weight is 399 g/mol. The summed E-state index contributed by atoms with van der Waals surface area (Å²) in [6.07, 6.45) is 11.8. The van der Waals surface area contributed by atoms with Gasteiger partial charge in [0.25, 0.3) is 0 Å². The quantitative estimate of drug-likeness (QED) is 0.227. The third-order valence-corrected chi connectivity index (χ3v) is 5.03. The van der Waals surface area contributed by atoms with Crippen molar-refractivity contribution in [2.75, 3.05) is 6.61 Å². The van der Waals surface area contributed by atoms with Crippen LogP contribution in [0.15, 0.2) is 36.7 Å². The zero-order valence-corrected chi connectivity index (χ0v) is 18.0. The number of nitrogens with zero attached hydrogens (tertiary/aromatic N) is 2. The predicted octanol–water partition coefficient (Wildman–Crippen LogP) is 6.22. The molecule has 1 heterocycles. The van der Waals surface area contributed by atoms with E-state index in [1.807, 2.05) is 12.1 Å². The summed E-state index contributed by atoms with van der Waals surface area (Å²) in [5.74, 6) is 2.21. The van der Waals surface area contributed by atoms with Gasteiger partial charge in [-0.1, -0.05) is 52.9 Å². The van der Waals surface area contributed by atoms with Crippen LogP contribution in [0.1, 0.15) is 72.1 Å². The average Bonchev–Trinajstić information content (AvgIpc) is 2.75. The van der Waals surface area contributed by atoms with E-state index in [0.29, 0.717) is 36.3 Å². The van der Waals surface area contributed by atoms with Crippen LogP contribution in [0.25, 0.3) is 11.4 Å². The molecule has 0 saturated carbocycles. The van der Waals surface area contributed by atoms with E-state index in [-0.39, 0.29) is 5.97 Å². The molecule has 0 saturated heterocycles. The fraction of sp³-hybridized carbons (Fsp3) is 0.542. The van der Waals surface area contributed by atoms with Crippen LogP contribution in [-0.4, -0.2) is 22.5 Å². The molecule has 0 radical (unpaired) electrons. The first-order chi connectivity index (χ1) is 14.1. The Balaban J connectivity index is 1.79. The Bertz CT molecular complexity index is 714. The van der Waals surface area contributed by atoms with Crippen LogP contribution in [0.2, 0.25) is 0 Å². The number of benzene rings is 1. The van der Waals surface area contributed by atoms with E-state index in [4.69, 9.17) is 9.47 Å². The monoisotopic (exact) mass is 398 g/mol. The first kappa shape index (κ1) is 22.9. The summed E-state index contributed by atoms with van der Waals surface area (Å²) in [6, 6.07) is 7.28. The van der Waals surface area contributed by atoms with E-state index in [1.54, 1.807) is 24.5 Å². The molecule has 29 heavy (non-hydrogen) atoms. The van der Waals surface area contributed by atoms with Crippen LogP contribution >= 0.6 is 0 Å². The van der Waals surface area contributed by atoms with Crippen LogP contribution < -0.4 is 9.47 Å². The van der Waals surface area contributed by atoms with E-state index >= 15 is 0 Å². The van der Waals surface area contributed by atoms with Crippen molar-refractivity contribution in [1.82, 2.24) is 9.97 Å². The zero-order chi connectivity index (χ0) is 20.9. The number of hydrogen-bond donors (Lipinski definition) is 0. The van der Waals surface area contributed by atoms with Crippen molar-refractivity contribution in [3.05, 3.63) is 36.7 Å². The Hall–Kier alpha value is -2.43. The van der Waals surface area contributed by atoms with E-state index in [0.717, 1.165) is 24.8 Å². The molecule has 0 aliphatic heterocycles. The molecule has 5 heteroatoms. The van der Waals surface area contributed by atoms with Crippen molar-refractivity contribution in [2.24, 2.45) is 5.92 Å². The minimum absolute atomic E-state index is 0.189. The smallest absolute Gasteiger partial charge is 0.311 e. The Morgan fingerprint density at radius 3 is 2.31 bits per heavy atom. The molecule has 1 aromatic carbocycles. The van der Waals surface area contributed by atoms with Crippen LogP contribution in [0, 0.1) is 5.92 Å². The predicted molar refractivity (Wildman–Crippen MR) is 116 cm³/mol. The van der Waals surface area contributed by atoms with Gasteiger partial charge in [0.15, 0.2) is 11.6 Å². The molecule has 2 aromatic rings. The number of carbonyl (C=O) groups is 1. The van der Waals surface area contributed by atoms with Gasteiger partial charge in [-0.15, -0.1) is 0 Å². The van der Waals surface area contributed by atoms with Crippen LogP contribution in [0.5, 0.6) is 11.5 Å². The van der Waals surface area contributed by atoms with Crippen molar-refractivity contribution in [3.8, 4) is 22.9 Å². The third kappa shape index (κ3) is 8.63. The van der Waals surface area contributed by atoms with Crippen molar-refractivity contribution >= 4 is 5.97 Å². The summed E-state index contributed by atoms with van der Waals surface area (Å²) in [7, 11) is 0. The van der Waals surface area contributed by atoms with Gasteiger partial charge in [-0.3, -0.25) is 4.79 Å². The molecular weight excluding hydrogens is 364 g/mol. The van der Waals surface area contributed by atoms with Gasteiger partial charge in [-0.2, -0.15) is 0 Å². The Kier molecular flexibility index (Phi) is 10.2. The number of hydrogen-bond acceptors (Lipinski definition) is 5. The van der Waals surface area contributed by atoms with Crippen LogP contribution in [0.3, 0.4) is 0 Å². The van der Waals surface area contributed by atoms with Gasteiger partial charge in [0, 0.05) is 12.0 Å². The van der Waals surface area contributed by atoms with Gasteiger partial charge >= 0.3 is 5.97 Å². The number of unbranched alkanes of at least 4 members (excludes halogenated alkanes) is 4. The highest BCUT2D eigenvalue weighted by atomic mass is 16.5. The minimum Gasteiger partial charge on any atom is -0.490 e. The fourth-order valence-corrected chi connectivity index (χ4v) is 2.86. The molecule has 5 nitrogen and oxygen atoms in total. The molecule has 0 aliphatic carbocycles. The summed E-state index contributed by atoms with van der Waals surface area (Å²) in [4.78, 5) is 20.7. The Morgan fingerprint density at radius 2 is 1.66 bits per heavy atom. The standard InChI is InChI=1S/C24H34N2O3/c1-4-6-7-8-9-16-28-22-17-25-24(26-18-22)20-11-13-21(14-12-20)29-23(27)15-10-19(3)5-2/h11-14,17-19H,4-10,15-16H2,1-3H3. The Labute approximate surface area is 174 Å². The second kappa shape index (κ2) is 12.9. The molecule has 158 valence electrons. The van der Waals surface area contributed by atoms with Gasteiger partial charge < -0.3 is 9.47 Å². The number of aromatic nitrogens is 2. The SMILES string of the molecule is CCCCCCCOc1cnc(-c2ccc(OC(=O)CCC(C)CC)cc2)nc1. The highest BCUT2D eigenvalue weighted by molar-refractivity contribution is 5.72. The topological polar surface area (TPSA) is 61.3 Å². The van der Waals surface area contributed by atoms with Crippen molar-refractivity contribution in [1.29, 1.82) is 0 Å². The second-order valence-electron chi connectivity index (χ2n) is 7.56. The van der Waals surface area contributed by atoms with E-state index in [1.165, 1.54) is 25.7 Å². The number of esters is 1. The van der Waals surface area contributed by atoms with Crippen molar-refractivity contribution < 1.29 is 14.3 Å². The zero-order valence-electron chi connectivity index (χ0n) is 18.0. The molecule has 0 amide bonds. The van der Waals surface area contributed by atoms with Gasteiger partial charge in [0.05, 0.1) is 19.0 Å². The molecule has 0 bridgehead atoms. The third-order valence-electron chi connectivity index (χ3n) is 5.03. The summed E-state index contributed by atoms with van der Waals surface area (Å²) in [6.45, 7) is 7.18. The lowest BCUT2D eigenvalue weighted by Gasteiger charge is -2.09. The van der Waals surface area contributed by atoms with Gasteiger partial charge in [-0.05, 0) is 43.0 Å². The summed E-state index contributed by atoms with van der Waals surface area (Å²) < 4.78 is 11.1. The summed E-state index contributed by atoms with van der Waals surface area (Å²) >= 11 is 0. The van der Waals surface area contributed by atoms with Crippen molar-refractivity contribution in [3.63, 3.8) is 0 Å². The molecule has 1 unspecified atom stereocenters.